The first kappa shape index (κ1) is 13.1. The number of pyridine rings is 1. The summed E-state index contributed by atoms with van der Waals surface area (Å²) in [5, 5.41) is 4.49. The number of hydrogen-bond acceptors (Lipinski definition) is 2. The third-order valence-electron chi connectivity index (χ3n) is 3.01. The lowest BCUT2D eigenvalue weighted by Gasteiger charge is -2.08. The number of nitrogens with zero attached hydrogens (tertiary/aromatic N) is 3. The quantitative estimate of drug-likeness (QED) is 0.871. The minimum absolute atomic E-state index is 0.0319. The maximum atomic E-state index is 11.9. The molecular weight excluding hydrogens is 294 g/mol. The van der Waals surface area contributed by atoms with Gasteiger partial charge in [0.25, 0.3) is 5.56 Å². The van der Waals surface area contributed by atoms with E-state index in [2.05, 4.69) is 34.9 Å². The van der Waals surface area contributed by atoms with Gasteiger partial charge in [-0.2, -0.15) is 5.10 Å². The summed E-state index contributed by atoms with van der Waals surface area (Å²) in [6, 6.07) is 5.94. The summed E-state index contributed by atoms with van der Waals surface area (Å²) in [5.74, 6) is 0. The first-order chi connectivity index (χ1) is 8.61. The maximum absolute atomic E-state index is 11.9. The predicted octanol–water partition coefficient (Wildman–Crippen LogP) is 2.83. The molecule has 0 bridgehead atoms. The highest BCUT2D eigenvalue weighted by Gasteiger charge is 2.06. The molecule has 1 atom stereocenters. The summed E-state index contributed by atoms with van der Waals surface area (Å²) < 4.78 is 4.16. The van der Waals surface area contributed by atoms with E-state index in [9.17, 15) is 4.79 Å². The van der Waals surface area contributed by atoms with Crippen molar-refractivity contribution in [3.05, 3.63) is 51.1 Å². The molecule has 0 saturated heterocycles. The Labute approximate surface area is 114 Å². The summed E-state index contributed by atoms with van der Waals surface area (Å²) in [6.45, 7) is 4.76. The number of hydrogen-bond donors (Lipinski definition) is 0. The zero-order valence-corrected chi connectivity index (χ0v) is 12.1. The number of aromatic nitrogens is 3. The lowest BCUT2D eigenvalue weighted by molar-refractivity contribution is 0.472. The maximum Gasteiger partial charge on any atom is 0.265 e. The van der Waals surface area contributed by atoms with Crippen LogP contribution in [0.3, 0.4) is 0 Å². The van der Waals surface area contributed by atoms with Crippen molar-refractivity contribution in [3.8, 4) is 0 Å². The van der Waals surface area contributed by atoms with Crippen LogP contribution in [0.1, 0.15) is 32.0 Å². The van der Waals surface area contributed by atoms with E-state index >= 15 is 0 Å². The Morgan fingerprint density at radius 3 is 2.89 bits per heavy atom. The largest absolute Gasteiger partial charge is 0.308 e. The van der Waals surface area contributed by atoms with Crippen molar-refractivity contribution in [2.45, 2.75) is 32.9 Å². The van der Waals surface area contributed by atoms with Gasteiger partial charge < -0.3 is 4.57 Å². The number of halogens is 1. The van der Waals surface area contributed by atoms with E-state index in [4.69, 9.17) is 0 Å². The molecule has 5 heteroatoms. The fourth-order valence-electron chi connectivity index (χ4n) is 1.70. The molecule has 0 aliphatic heterocycles. The Morgan fingerprint density at radius 1 is 1.39 bits per heavy atom. The van der Waals surface area contributed by atoms with E-state index in [1.165, 1.54) is 0 Å². The molecule has 2 aromatic rings. The molecule has 2 heterocycles. The summed E-state index contributed by atoms with van der Waals surface area (Å²) >= 11 is 3.24. The Morgan fingerprint density at radius 2 is 2.17 bits per heavy atom. The van der Waals surface area contributed by atoms with Crippen LogP contribution >= 0.6 is 15.9 Å². The second kappa shape index (κ2) is 5.52. The standard InChI is InChI=1S/C13H16BrN3O/c1-3-10(2)17-8-6-11(15-17)9-16-7-4-5-12(14)13(16)18/h4-8,10H,3,9H2,1-2H3. The van der Waals surface area contributed by atoms with Gasteiger partial charge in [0.15, 0.2) is 0 Å². The highest BCUT2D eigenvalue weighted by Crippen LogP contribution is 2.10. The monoisotopic (exact) mass is 309 g/mol. The topological polar surface area (TPSA) is 39.8 Å². The van der Waals surface area contributed by atoms with Gasteiger partial charge in [0.1, 0.15) is 0 Å². The van der Waals surface area contributed by atoms with Crippen molar-refractivity contribution in [2.75, 3.05) is 0 Å². The van der Waals surface area contributed by atoms with Crippen LogP contribution < -0.4 is 5.56 Å². The van der Waals surface area contributed by atoms with Crippen molar-refractivity contribution < 1.29 is 0 Å². The van der Waals surface area contributed by atoms with E-state index in [1.807, 2.05) is 23.0 Å². The van der Waals surface area contributed by atoms with Gasteiger partial charge in [-0.1, -0.05) is 6.92 Å². The molecule has 18 heavy (non-hydrogen) atoms. The summed E-state index contributed by atoms with van der Waals surface area (Å²) in [7, 11) is 0. The van der Waals surface area contributed by atoms with E-state index in [1.54, 1.807) is 16.8 Å². The van der Waals surface area contributed by atoms with Gasteiger partial charge in [0, 0.05) is 18.4 Å². The molecule has 96 valence electrons. The van der Waals surface area contributed by atoms with Crippen molar-refractivity contribution in [3.63, 3.8) is 0 Å². The highest BCUT2D eigenvalue weighted by molar-refractivity contribution is 9.10. The minimum Gasteiger partial charge on any atom is -0.308 e. The average molecular weight is 310 g/mol. The Balaban J connectivity index is 2.22. The van der Waals surface area contributed by atoms with Gasteiger partial charge in [-0.25, -0.2) is 0 Å². The molecule has 1 unspecified atom stereocenters. The van der Waals surface area contributed by atoms with Gasteiger partial charge in [0.05, 0.1) is 16.7 Å². The molecule has 0 aliphatic carbocycles. The van der Waals surface area contributed by atoms with Gasteiger partial charge >= 0.3 is 0 Å². The SMILES string of the molecule is CCC(C)n1ccc(Cn2cccc(Br)c2=O)n1. The van der Waals surface area contributed by atoms with Crippen molar-refractivity contribution in [1.82, 2.24) is 14.3 Å². The number of rotatable bonds is 4. The Hall–Kier alpha value is -1.36. The van der Waals surface area contributed by atoms with Gasteiger partial charge in [-0.3, -0.25) is 9.48 Å². The van der Waals surface area contributed by atoms with Gasteiger partial charge in [-0.05, 0) is 47.5 Å². The molecule has 0 aliphatic rings. The van der Waals surface area contributed by atoms with Crippen LogP contribution in [0.25, 0.3) is 0 Å². The second-order valence-corrected chi connectivity index (χ2v) is 5.19. The zero-order chi connectivity index (χ0) is 13.1. The van der Waals surface area contributed by atoms with E-state index in [0.29, 0.717) is 17.1 Å². The van der Waals surface area contributed by atoms with Crippen LogP contribution in [0.2, 0.25) is 0 Å². The molecule has 0 amide bonds. The summed E-state index contributed by atoms with van der Waals surface area (Å²) in [6.07, 6.45) is 4.78. The first-order valence-corrected chi connectivity index (χ1v) is 6.80. The molecule has 0 N–H and O–H groups in total. The van der Waals surface area contributed by atoms with E-state index in [-0.39, 0.29) is 5.56 Å². The lowest BCUT2D eigenvalue weighted by Crippen LogP contribution is -2.20. The fraction of sp³-hybridized carbons (Fsp3) is 0.385. The van der Waals surface area contributed by atoms with Crippen LogP contribution in [0, 0.1) is 0 Å². The smallest absolute Gasteiger partial charge is 0.265 e. The lowest BCUT2D eigenvalue weighted by atomic mass is 10.3. The average Bonchev–Trinajstić information content (AvgIpc) is 2.82. The predicted molar refractivity (Wildman–Crippen MR) is 74.7 cm³/mol. The Bertz CT molecular complexity index is 588. The molecule has 4 nitrogen and oxygen atoms in total. The third-order valence-corrected chi connectivity index (χ3v) is 3.62. The van der Waals surface area contributed by atoms with Crippen molar-refractivity contribution in [1.29, 1.82) is 0 Å². The molecule has 2 aromatic heterocycles. The normalized spacial score (nSPS) is 12.6. The first-order valence-electron chi connectivity index (χ1n) is 6.00. The van der Waals surface area contributed by atoms with E-state index in [0.717, 1.165) is 12.1 Å². The molecule has 0 spiro atoms. The molecule has 0 fully saturated rings. The molecule has 0 saturated carbocycles. The molecular formula is C13H16BrN3O. The van der Waals surface area contributed by atoms with Crippen LogP contribution in [-0.2, 0) is 6.54 Å². The Kier molecular flexibility index (Phi) is 4.01. The molecule has 0 aromatic carbocycles. The summed E-state index contributed by atoms with van der Waals surface area (Å²) in [4.78, 5) is 11.9. The molecule has 2 rings (SSSR count). The summed E-state index contributed by atoms with van der Waals surface area (Å²) in [5.41, 5.74) is 0.867. The fourth-order valence-corrected chi connectivity index (χ4v) is 2.08. The zero-order valence-electron chi connectivity index (χ0n) is 10.5. The van der Waals surface area contributed by atoms with Crippen LogP contribution in [0.4, 0.5) is 0 Å². The van der Waals surface area contributed by atoms with Crippen molar-refractivity contribution >= 4 is 15.9 Å². The van der Waals surface area contributed by atoms with Gasteiger partial charge in [-0.15, -0.1) is 0 Å². The molecule has 0 radical (unpaired) electrons. The van der Waals surface area contributed by atoms with E-state index < -0.39 is 0 Å². The third kappa shape index (κ3) is 2.72. The van der Waals surface area contributed by atoms with Crippen molar-refractivity contribution in [2.24, 2.45) is 0 Å². The highest BCUT2D eigenvalue weighted by atomic mass is 79.9. The second-order valence-electron chi connectivity index (χ2n) is 4.33. The van der Waals surface area contributed by atoms with Crippen LogP contribution in [0.15, 0.2) is 39.9 Å². The van der Waals surface area contributed by atoms with Crippen LogP contribution in [-0.4, -0.2) is 14.3 Å². The minimum atomic E-state index is -0.0319. The van der Waals surface area contributed by atoms with Gasteiger partial charge in [0.2, 0.25) is 0 Å². The van der Waals surface area contributed by atoms with Crippen LogP contribution in [0.5, 0.6) is 0 Å².